The standard InChI is InChI=1S/C28H29N3OS/c1-2-24-19-33-28(30-24)26(18-21-13-15-23(29)16-14-21)31-27(32)25(22-11-7-4-8-12-22)17-20-9-5-3-6-10-20/h3-16,19,25-26H,2,17-18,29H2,1H3,(H,31,32). The number of carbonyl (C=O) groups is 1. The highest BCUT2D eigenvalue weighted by molar-refractivity contribution is 7.09. The number of carbonyl (C=O) groups excluding carboxylic acids is 1. The van der Waals surface area contributed by atoms with Crippen molar-refractivity contribution in [1.82, 2.24) is 10.3 Å². The quantitative estimate of drug-likeness (QED) is 0.318. The first-order chi connectivity index (χ1) is 16.1. The zero-order chi connectivity index (χ0) is 23.0. The van der Waals surface area contributed by atoms with E-state index >= 15 is 0 Å². The summed E-state index contributed by atoms with van der Waals surface area (Å²) in [6.07, 6.45) is 2.18. The van der Waals surface area contributed by atoms with E-state index < -0.39 is 0 Å². The molecular formula is C28H29N3OS. The lowest BCUT2D eigenvalue weighted by Gasteiger charge is -2.22. The number of nitrogens with zero attached hydrogens (tertiary/aromatic N) is 1. The number of amides is 1. The molecule has 0 aliphatic rings. The Labute approximate surface area is 199 Å². The van der Waals surface area contributed by atoms with Crippen molar-refractivity contribution in [2.45, 2.75) is 38.1 Å². The lowest BCUT2D eigenvalue weighted by atomic mass is 9.90. The summed E-state index contributed by atoms with van der Waals surface area (Å²) in [5.74, 6) is -0.271. The third-order valence-electron chi connectivity index (χ3n) is 5.77. The number of aryl methyl sites for hydroxylation is 1. The minimum Gasteiger partial charge on any atom is -0.399 e. The monoisotopic (exact) mass is 455 g/mol. The van der Waals surface area contributed by atoms with E-state index in [9.17, 15) is 4.79 Å². The molecule has 2 atom stereocenters. The first-order valence-corrected chi connectivity index (χ1v) is 12.2. The summed E-state index contributed by atoms with van der Waals surface area (Å²) in [6, 6.07) is 27.8. The van der Waals surface area contributed by atoms with Crippen LogP contribution in [0.1, 0.15) is 46.3 Å². The molecule has 4 aromatic rings. The molecule has 3 N–H and O–H groups in total. The second-order valence-corrected chi connectivity index (χ2v) is 9.08. The van der Waals surface area contributed by atoms with Crippen LogP contribution in [0.4, 0.5) is 5.69 Å². The molecule has 4 rings (SSSR count). The maximum atomic E-state index is 13.7. The van der Waals surface area contributed by atoms with E-state index in [-0.39, 0.29) is 17.9 Å². The van der Waals surface area contributed by atoms with Gasteiger partial charge in [0.15, 0.2) is 0 Å². The molecule has 1 heterocycles. The fourth-order valence-corrected chi connectivity index (χ4v) is 4.86. The Kier molecular flexibility index (Phi) is 7.53. The van der Waals surface area contributed by atoms with Crippen molar-refractivity contribution in [1.29, 1.82) is 0 Å². The molecule has 0 spiro atoms. The second kappa shape index (κ2) is 10.9. The normalized spacial score (nSPS) is 12.8. The van der Waals surface area contributed by atoms with Gasteiger partial charge in [-0.3, -0.25) is 4.79 Å². The van der Waals surface area contributed by atoms with Crippen molar-refractivity contribution in [2.24, 2.45) is 0 Å². The van der Waals surface area contributed by atoms with Gasteiger partial charge >= 0.3 is 0 Å². The summed E-state index contributed by atoms with van der Waals surface area (Å²) >= 11 is 1.61. The topological polar surface area (TPSA) is 68.0 Å². The zero-order valence-electron chi connectivity index (χ0n) is 18.8. The van der Waals surface area contributed by atoms with Gasteiger partial charge in [0.25, 0.3) is 0 Å². The average Bonchev–Trinajstić information content (AvgIpc) is 3.34. The number of nitrogens with one attached hydrogen (secondary N) is 1. The van der Waals surface area contributed by atoms with Gasteiger partial charge < -0.3 is 11.1 Å². The molecule has 0 bridgehead atoms. The van der Waals surface area contributed by atoms with Crippen LogP contribution >= 0.6 is 11.3 Å². The van der Waals surface area contributed by atoms with E-state index in [1.165, 1.54) is 0 Å². The Morgan fingerprint density at radius 3 is 2.18 bits per heavy atom. The second-order valence-electron chi connectivity index (χ2n) is 8.19. The Morgan fingerprint density at radius 2 is 1.55 bits per heavy atom. The fourth-order valence-electron chi connectivity index (χ4n) is 3.90. The third kappa shape index (κ3) is 6.08. The number of hydrogen-bond acceptors (Lipinski definition) is 4. The Hall–Kier alpha value is -3.44. The predicted octanol–water partition coefficient (Wildman–Crippen LogP) is 5.71. The molecule has 168 valence electrons. The van der Waals surface area contributed by atoms with Gasteiger partial charge in [0.2, 0.25) is 5.91 Å². The van der Waals surface area contributed by atoms with E-state index in [4.69, 9.17) is 10.7 Å². The minimum absolute atomic E-state index is 0.0127. The van der Waals surface area contributed by atoms with Crippen LogP contribution in [-0.4, -0.2) is 10.9 Å². The Balaban J connectivity index is 1.61. The maximum absolute atomic E-state index is 13.7. The van der Waals surface area contributed by atoms with Gasteiger partial charge in [-0.15, -0.1) is 11.3 Å². The number of nitrogen functional groups attached to an aromatic ring is 1. The summed E-state index contributed by atoms with van der Waals surface area (Å²) < 4.78 is 0. The van der Waals surface area contributed by atoms with E-state index in [1.807, 2.05) is 72.8 Å². The fraction of sp³-hybridized carbons (Fsp3) is 0.214. The highest BCUT2D eigenvalue weighted by Crippen LogP contribution is 2.27. The van der Waals surface area contributed by atoms with Crippen molar-refractivity contribution in [3.63, 3.8) is 0 Å². The maximum Gasteiger partial charge on any atom is 0.228 e. The number of thiazole rings is 1. The van der Waals surface area contributed by atoms with Gasteiger partial charge in [0.05, 0.1) is 17.7 Å². The minimum atomic E-state index is -0.284. The summed E-state index contributed by atoms with van der Waals surface area (Å²) in [7, 11) is 0. The molecule has 0 aliphatic carbocycles. The van der Waals surface area contributed by atoms with Crippen LogP contribution in [0.5, 0.6) is 0 Å². The van der Waals surface area contributed by atoms with Gasteiger partial charge in [0, 0.05) is 11.1 Å². The molecule has 5 heteroatoms. The number of aromatic nitrogens is 1. The van der Waals surface area contributed by atoms with Crippen molar-refractivity contribution in [3.8, 4) is 0 Å². The van der Waals surface area contributed by atoms with Gasteiger partial charge in [-0.1, -0.05) is 79.7 Å². The molecule has 2 unspecified atom stereocenters. The highest BCUT2D eigenvalue weighted by Gasteiger charge is 2.26. The number of rotatable bonds is 9. The molecular weight excluding hydrogens is 426 g/mol. The molecule has 33 heavy (non-hydrogen) atoms. The van der Waals surface area contributed by atoms with Crippen LogP contribution in [0.3, 0.4) is 0 Å². The summed E-state index contributed by atoms with van der Waals surface area (Å²) in [6.45, 7) is 2.09. The van der Waals surface area contributed by atoms with Gasteiger partial charge in [-0.2, -0.15) is 0 Å². The zero-order valence-corrected chi connectivity index (χ0v) is 19.6. The molecule has 0 fully saturated rings. The summed E-state index contributed by atoms with van der Waals surface area (Å²) in [5, 5.41) is 6.34. The van der Waals surface area contributed by atoms with Crippen molar-refractivity contribution >= 4 is 22.9 Å². The average molecular weight is 456 g/mol. The number of hydrogen-bond donors (Lipinski definition) is 2. The van der Waals surface area contributed by atoms with Gasteiger partial charge in [0.1, 0.15) is 5.01 Å². The van der Waals surface area contributed by atoms with Crippen molar-refractivity contribution in [2.75, 3.05) is 5.73 Å². The van der Waals surface area contributed by atoms with E-state index in [2.05, 4.69) is 29.8 Å². The molecule has 0 radical (unpaired) electrons. The Bertz CT molecular complexity index is 1160. The largest absolute Gasteiger partial charge is 0.399 e. The predicted molar refractivity (Wildman–Crippen MR) is 136 cm³/mol. The molecule has 0 saturated carbocycles. The molecule has 3 aromatic carbocycles. The van der Waals surface area contributed by atoms with E-state index in [1.54, 1.807) is 11.3 Å². The van der Waals surface area contributed by atoms with Gasteiger partial charge in [-0.25, -0.2) is 4.98 Å². The van der Waals surface area contributed by atoms with Crippen LogP contribution in [0.25, 0.3) is 0 Å². The van der Waals surface area contributed by atoms with Crippen LogP contribution in [0, 0.1) is 0 Å². The molecule has 0 aliphatic heterocycles. The summed E-state index contributed by atoms with van der Waals surface area (Å²) in [4.78, 5) is 18.5. The van der Waals surface area contributed by atoms with Gasteiger partial charge in [-0.05, 0) is 48.1 Å². The van der Waals surface area contributed by atoms with E-state index in [0.29, 0.717) is 12.8 Å². The first kappa shape index (κ1) is 22.7. The SMILES string of the molecule is CCc1csc(C(Cc2ccc(N)cc2)NC(=O)C(Cc2ccccc2)c2ccccc2)n1. The van der Waals surface area contributed by atoms with Crippen LogP contribution in [-0.2, 0) is 24.1 Å². The number of anilines is 1. The Morgan fingerprint density at radius 1 is 0.909 bits per heavy atom. The molecule has 0 saturated heterocycles. The first-order valence-electron chi connectivity index (χ1n) is 11.3. The highest BCUT2D eigenvalue weighted by atomic mass is 32.1. The van der Waals surface area contributed by atoms with Crippen molar-refractivity contribution < 1.29 is 4.79 Å². The number of nitrogens with two attached hydrogens (primary N) is 1. The molecule has 1 amide bonds. The number of benzene rings is 3. The third-order valence-corrected chi connectivity index (χ3v) is 6.77. The molecule has 1 aromatic heterocycles. The van der Waals surface area contributed by atoms with Crippen LogP contribution < -0.4 is 11.1 Å². The van der Waals surface area contributed by atoms with Crippen molar-refractivity contribution in [3.05, 3.63) is 118 Å². The molecule has 4 nitrogen and oxygen atoms in total. The van der Waals surface area contributed by atoms with Crippen LogP contribution in [0.2, 0.25) is 0 Å². The lowest BCUT2D eigenvalue weighted by Crippen LogP contribution is -2.35. The lowest BCUT2D eigenvalue weighted by molar-refractivity contribution is -0.123. The van der Waals surface area contributed by atoms with E-state index in [0.717, 1.165) is 39.5 Å². The summed E-state index contributed by atoms with van der Waals surface area (Å²) in [5.41, 5.74) is 10.9. The smallest absolute Gasteiger partial charge is 0.228 e. The van der Waals surface area contributed by atoms with Crippen LogP contribution in [0.15, 0.2) is 90.3 Å².